The highest BCUT2D eigenvalue weighted by molar-refractivity contribution is 7.86. The number of hydrogen-bond acceptors (Lipinski definition) is 3. The topological polar surface area (TPSA) is 80.4 Å². The van der Waals surface area contributed by atoms with Crippen molar-refractivity contribution in [1.82, 2.24) is 0 Å². The summed E-state index contributed by atoms with van der Waals surface area (Å²) >= 11 is 0. The Balaban J connectivity index is 2.36. The summed E-state index contributed by atoms with van der Waals surface area (Å²) in [5.74, 6) is 0.484. The first-order valence-corrected chi connectivity index (χ1v) is 6.79. The van der Waals surface area contributed by atoms with Gasteiger partial charge in [0.15, 0.2) is 0 Å². The Morgan fingerprint density at radius 1 is 1.25 bits per heavy atom. The first-order chi connectivity index (χ1) is 7.48. The fraction of sp³-hybridized carbons (Fsp3) is 0.455. The Bertz CT molecular complexity index is 490. The van der Waals surface area contributed by atoms with E-state index in [1.807, 2.05) is 0 Å². The van der Waals surface area contributed by atoms with E-state index in [1.165, 1.54) is 18.9 Å². The first kappa shape index (κ1) is 11.4. The lowest BCUT2D eigenvalue weighted by atomic mass is 9.97. The molecule has 1 aromatic rings. The molecule has 0 unspecified atom stereocenters. The minimum Gasteiger partial charge on any atom is -0.398 e. The zero-order valence-corrected chi connectivity index (χ0v) is 9.70. The summed E-state index contributed by atoms with van der Waals surface area (Å²) in [7, 11) is -4.20. The largest absolute Gasteiger partial charge is 0.398 e. The molecule has 5 heteroatoms. The quantitative estimate of drug-likeness (QED) is 0.614. The summed E-state index contributed by atoms with van der Waals surface area (Å²) in [6.45, 7) is 0. The van der Waals surface area contributed by atoms with Gasteiger partial charge in [-0.05, 0) is 36.5 Å². The number of benzene rings is 1. The number of nitrogen functional groups attached to an aromatic ring is 1. The van der Waals surface area contributed by atoms with Crippen LogP contribution in [0.15, 0.2) is 23.1 Å². The summed E-state index contributed by atoms with van der Waals surface area (Å²) in [4.78, 5) is -0.200. The Kier molecular flexibility index (Phi) is 2.90. The molecule has 0 aliphatic heterocycles. The van der Waals surface area contributed by atoms with Crippen LogP contribution in [-0.2, 0) is 10.1 Å². The van der Waals surface area contributed by atoms with Gasteiger partial charge in [0.2, 0.25) is 0 Å². The molecule has 1 aliphatic carbocycles. The van der Waals surface area contributed by atoms with Gasteiger partial charge in [-0.1, -0.05) is 18.9 Å². The molecule has 0 spiro atoms. The zero-order chi connectivity index (χ0) is 11.8. The van der Waals surface area contributed by atoms with E-state index in [9.17, 15) is 8.42 Å². The Labute approximate surface area is 95.2 Å². The predicted octanol–water partition coefficient (Wildman–Crippen LogP) is 2.17. The first-order valence-electron chi connectivity index (χ1n) is 5.35. The molecule has 0 heterocycles. The SMILES string of the molecule is Nc1cc(C2CCCC2)ccc1S(=O)(=O)O. The van der Waals surface area contributed by atoms with Crippen molar-refractivity contribution in [2.75, 3.05) is 5.73 Å². The molecule has 2 rings (SSSR count). The average Bonchev–Trinajstić information content (AvgIpc) is 2.68. The molecule has 4 nitrogen and oxygen atoms in total. The summed E-state index contributed by atoms with van der Waals surface area (Å²) in [6, 6.07) is 4.80. The Morgan fingerprint density at radius 3 is 2.38 bits per heavy atom. The Hall–Kier alpha value is -1.07. The molecule has 1 aliphatic rings. The van der Waals surface area contributed by atoms with E-state index in [2.05, 4.69) is 0 Å². The van der Waals surface area contributed by atoms with Gasteiger partial charge in [0.05, 0.1) is 5.69 Å². The number of rotatable bonds is 2. The predicted molar refractivity (Wildman–Crippen MR) is 61.9 cm³/mol. The lowest BCUT2D eigenvalue weighted by molar-refractivity contribution is 0.483. The molecule has 0 saturated heterocycles. The van der Waals surface area contributed by atoms with Gasteiger partial charge in [0.1, 0.15) is 4.90 Å². The van der Waals surface area contributed by atoms with Gasteiger partial charge < -0.3 is 5.73 Å². The maximum atomic E-state index is 11.0. The maximum absolute atomic E-state index is 11.0. The maximum Gasteiger partial charge on any atom is 0.296 e. The van der Waals surface area contributed by atoms with Crippen molar-refractivity contribution in [3.05, 3.63) is 23.8 Å². The zero-order valence-electron chi connectivity index (χ0n) is 8.89. The molecular weight excluding hydrogens is 226 g/mol. The molecule has 3 N–H and O–H groups in total. The van der Waals surface area contributed by atoms with Crippen molar-refractivity contribution in [3.63, 3.8) is 0 Å². The molecule has 1 aromatic carbocycles. The van der Waals surface area contributed by atoms with Crippen LogP contribution < -0.4 is 5.73 Å². The van der Waals surface area contributed by atoms with Gasteiger partial charge in [-0.2, -0.15) is 8.42 Å². The van der Waals surface area contributed by atoms with E-state index in [4.69, 9.17) is 10.3 Å². The van der Waals surface area contributed by atoms with Crippen molar-refractivity contribution < 1.29 is 13.0 Å². The third-order valence-electron chi connectivity index (χ3n) is 3.14. The second kappa shape index (κ2) is 4.07. The van der Waals surface area contributed by atoms with Crippen molar-refractivity contribution in [2.24, 2.45) is 0 Å². The van der Waals surface area contributed by atoms with E-state index in [0.29, 0.717) is 5.92 Å². The highest BCUT2D eigenvalue weighted by Gasteiger charge is 2.20. The van der Waals surface area contributed by atoms with Crippen LogP contribution in [-0.4, -0.2) is 13.0 Å². The average molecular weight is 241 g/mol. The smallest absolute Gasteiger partial charge is 0.296 e. The third-order valence-corrected chi connectivity index (χ3v) is 4.07. The van der Waals surface area contributed by atoms with Crippen LogP contribution in [0, 0.1) is 0 Å². The normalized spacial score (nSPS) is 17.8. The lowest BCUT2D eigenvalue weighted by Gasteiger charge is -2.11. The molecule has 88 valence electrons. The van der Waals surface area contributed by atoms with Gasteiger partial charge in [-0.3, -0.25) is 4.55 Å². The summed E-state index contributed by atoms with van der Waals surface area (Å²) in [5.41, 5.74) is 6.84. The van der Waals surface area contributed by atoms with Crippen molar-refractivity contribution in [2.45, 2.75) is 36.5 Å². The van der Waals surface area contributed by atoms with Gasteiger partial charge in [-0.25, -0.2) is 0 Å². The molecule has 1 fully saturated rings. The van der Waals surface area contributed by atoms with Crippen molar-refractivity contribution in [1.29, 1.82) is 0 Å². The second-order valence-electron chi connectivity index (χ2n) is 4.25. The molecule has 0 atom stereocenters. The standard InChI is InChI=1S/C11H15NO3S/c12-10-7-9(8-3-1-2-4-8)5-6-11(10)16(13,14)15/h5-8H,1-4,12H2,(H,13,14,15). The van der Waals surface area contributed by atoms with E-state index in [0.717, 1.165) is 18.4 Å². The van der Waals surface area contributed by atoms with Crippen LogP contribution in [0.4, 0.5) is 5.69 Å². The molecule has 0 amide bonds. The third kappa shape index (κ3) is 2.20. The van der Waals surface area contributed by atoms with Crippen LogP contribution in [0.1, 0.15) is 37.2 Å². The van der Waals surface area contributed by atoms with Crippen LogP contribution in [0.5, 0.6) is 0 Å². The van der Waals surface area contributed by atoms with Crippen molar-refractivity contribution in [3.8, 4) is 0 Å². The molecular formula is C11H15NO3S. The monoisotopic (exact) mass is 241 g/mol. The summed E-state index contributed by atoms with van der Waals surface area (Å²) in [5, 5.41) is 0. The minimum atomic E-state index is -4.20. The number of hydrogen-bond donors (Lipinski definition) is 2. The summed E-state index contributed by atoms with van der Waals surface area (Å²) < 4.78 is 30.8. The second-order valence-corrected chi connectivity index (χ2v) is 5.64. The van der Waals surface area contributed by atoms with Crippen LogP contribution in [0.2, 0.25) is 0 Å². The van der Waals surface area contributed by atoms with E-state index in [-0.39, 0.29) is 10.6 Å². The molecule has 0 radical (unpaired) electrons. The number of anilines is 1. The molecule has 1 saturated carbocycles. The Morgan fingerprint density at radius 2 is 1.88 bits per heavy atom. The van der Waals surface area contributed by atoms with E-state index >= 15 is 0 Å². The fourth-order valence-corrected chi connectivity index (χ4v) is 2.91. The van der Waals surface area contributed by atoms with Gasteiger partial charge in [0.25, 0.3) is 10.1 Å². The highest BCUT2D eigenvalue weighted by atomic mass is 32.2. The molecule has 0 aromatic heterocycles. The minimum absolute atomic E-state index is 0.131. The van der Waals surface area contributed by atoms with Gasteiger partial charge in [0, 0.05) is 0 Å². The van der Waals surface area contributed by atoms with Gasteiger partial charge in [-0.15, -0.1) is 0 Å². The van der Waals surface area contributed by atoms with Crippen LogP contribution in [0.25, 0.3) is 0 Å². The highest BCUT2D eigenvalue weighted by Crippen LogP contribution is 2.35. The summed E-state index contributed by atoms with van der Waals surface area (Å²) in [6.07, 6.45) is 4.69. The fourth-order valence-electron chi connectivity index (χ4n) is 2.31. The van der Waals surface area contributed by atoms with Crippen molar-refractivity contribution >= 4 is 15.8 Å². The number of nitrogens with two attached hydrogens (primary N) is 1. The van der Waals surface area contributed by atoms with E-state index < -0.39 is 10.1 Å². The van der Waals surface area contributed by atoms with Crippen LogP contribution >= 0.6 is 0 Å². The lowest BCUT2D eigenvalue weighted by Crippen LogP contribution is -2.04. The molecule has 16 heavy (non-hydrogen) atoms. The van der Waals surface area contributed by atoms with E-state index in [1.54, 1.807) is 12.1 Å². The molecule has 0 bridgehead atoms. The van der Waals surface area contributed by atoms with Gasteiger partial charge >= 0.3 is 0 Å². The van der Waals surface area contributed by atoms with Crippen LogP contribution in [0.3, 0.4) is 0 Å².